The van der Waals surface area contributed by atoms with Crippen LogP contribution in [0.3, 0.4) is 0 Å². The summed E-state index contributed by atoms with van der Waals surface area (Å²) in [7, 11) is 0. The molecule has 1 amide bonds. The number of nitrogens with zero attached hydrogens (tertiary/aromatic N) is 1. The molecule has 0 radical (unpaired) electrons. The third-order valence-electron chi connectivity index (χ3n) is 4.88. The van der Waals surface area contributed by atoms with Crippen LogP contribution in [0.25, 0.3) is 0 Å². The molecule has 26 heavy (non-hydrogen) atoms. The number of thiazole rings is 1. The van der Waals surface area contributed by atoms with E-state index >= 15 is 0 Å². The number of amides is 1. The first kappa shape index (κ1) is 23.1. The number of anilines is 1. The summed E-state index contributed by atoms with van der Waals surface area (Å²) in [6.45, 7) is 4.28. The van der Waals surface area contributed by atoms with Gasteiger partial charge in [-0.25, -0.2) is 4.98 Å². The summed E-state index contributed by atoms with van der Waals surface area (Å²) in [4.78, 5) is 17.1. The third-order valence-corrected chi connectivity index (χ3v) is 5.70. The smallest absolute Gasteiger partial charge is 0.226 e. The molecule has 0 aliphatic carbocycles. The van der Waals surface area contributed by atoms with Gasteiger partial charge in [0.15, 0.2) is 5.13 Å². The van der Waals surface area contributed by atoms with Crippen LogP contribution in [-0.2, 0) is 4.79 Å². The molecule has 1 aromatic heterocycles. The van der Waals surface area contributed by atoms with Crippen LogP contribution >= 0.6 is 11.3 Å². The van der Waals surface area contributed by atoms with Gasteiger partial charge in [-0.05, 0) is 13.3 Å². The highest BCUT2D eigenvalue weighted by atomic mass is 32.1. The number of aromatic nitrogens is 1. The lowest BCUT2D eigenvalue weighted by Gasteiger charge is -2.04. The van der Waals surface area contributed by atoms with Crippen molar-refractivity contribution in [2.45, 2.75) is 117 Å². The number of carbonyl (C=O) groups excluding carboxylic acids is 1. The van der Waals surface area contributed by atoms with Crippen molar-refractivity contribution in [1.82, 2.24) is 4.98 Å². The molecule has 0 atom stereocenters. The zero-order valence-electron chi connectivity index (χ0n) is 17.2. The normalized spacial score (nSPS) is 11.0. The summed E-state index contributed by atoms with van der Waals surface area (Å²) in [5.74, 6) is 0.106. The first-order valence-electron chi connectivity index (χ1n) is 10.9. The summed E-state index contributed by atoms with van der Waals surface area (Å²) in [6, 6.07) is 0. The van der Waals surface area contributed by atoms with E-state index in [0.717, 1.165) is 16.4 Å². The third kappa shape index (κ3) is 13.3. The van der Waals surface area contributed by atoms with Gasteiger partial charge in [0, 0.05) is 17.5 Å². The van der Waals surface area contributed by atoms with E-state index in [1.165, 1.54) is 101 Å². The van der Waals surface area contributed by atoms with Crippen molar-refractivity contribution in [3.05, 3.63) is 11.1 Å². The standard InChI is InChI=1S/C22H40N2OS/c1-3-4-5-6-7-8-9-10-11-12-13-14-15-16-17-18-21(25)24-22-23-19-20(2)26-22/h19H,3-18H2,1-2H3,(H,23,24,25). The molecule has 0 fully saturated rings. The Morgan fingerprint density at radius 1 is 0.846 bits per heavy atom. The molecule has 1 heterocycles. The second kappa shape index (κ2) is 16.3. The van der Waals surface area contributed by atoms with Crippen LogP contribution < -0.4 is 5.32 Å². The average Bonchev–Trinajstić information content (AvgIpc) is 3.03. The number of unbranched alkanes of at least 4 members (excludes halogenated alkanes) is 14. The van der Waals surface area contributed by atoms with E-state index in [0.29, 0.717) is 6.42 Å². The van der Waals surface area contributed by atoms with Crippen molar-refractivity contribution < 1.29 is 4.79 Å². The molecule has 0 unspecified atom stereocenters. The van der Waals surface area contributed by atoms with Crippen LogP contribution in [0, 0.1) is 6.92 Å². The monoisotopic (exact) mass is 380 g/mol. The van der Waals surface area contributed by atoms with Crippen LogP contribution in [-0.4, -0.2) is 10.9 Å². The van der Waals surface area contributed by atoms with Crippen LogP contribution in [0.2, 0.25) is 0 Å². The van der Waals surface area contributed by atoms with Gasteiger partial charge in [-0.1, -0.05) is 96.8 Å². The van der Waals surface area contributed by atoms with Gasteiger partial charge in [0.05, 0.1) is 0 Å². The molecular weight excluding hydrogens is 340 g/mol. The summed E-state index contributed by atoms with van der Waals surface area (Å²) in [6.07, 6.45) is 22.7. The van der Waals surface area contributed by atoms with E-state index in [1.807, 2.05) is 6.92 Å². The molecule has 0 aliphatic rings. The fraction of sp³-hybridized carbons (Fsp3) is 0.818. The van der Waals surface area contributed by atoms with Crippen LogP contribution in [0.4, 0.5) is 5.13 Å². The number of rotatable bonds is 17. The average molecular weight is 381 g/mol. The highest BCUT2D eigenvalue weighted by Gasteiger charge is 2.04. The molecule has 0 bridgehead atoms. The molecule has 4 heteroatoms. The van der Waals surface area contributed by atoms with E-state index in [9.17, 15) is 4.79 Å². The van der Waals surface area contributed by atoms with E-state index < -0.39 is 0 Å². The van der Waals surface area contributed by atoms with Crippen molar-refractivity contribution in [3.63, 3.8) is 0 Å². The number of nitrogens with one attached hydrogen (secondary N) is 1. The molecular formula is C22H40N2OS. The molecule has 0 aliphatic heterocycles. The van der Waals surface area contributed by atoms with Crippen molar-refractivity contribution in [2.75, 3.05) is 5.32 Å². The van der Waals surface area contributed by atoms with Crippen molar-refractivity contribution in [2.24, 2.45) is 0 Å². The molecule has 1 rings (SSSR count). The Morgan fingerprint density at radius 3 is 1.73 bits per heavy atom. The maximum Gasteiger partial charge on any atom is 0.226 e. The van der Waals surface area contributed by atoms with Gasteiger partial charge in [0.1, 0.15) is 0 Å². The molecule has 0 spiro atoms. The Hall–Kier alpha value is -0.900. The van der Waals surface area contributed by atoms with E-state index in [-0.39, 0.29) is 5.91 Å². The van der Waals surface area contributed by atoms with Gasteiger partial charge < -0.3 is 5.32 Å². The van der Waals surface area contributed by atoms with Gasteiger partial charge >= 0.3 is 0 Å². The Balaban J connectivity index is 1.77. The largest absolute Gasteiger partial charge is 0.302 e. The lowest BCUT2D eigenvalue weighted by Crippen LogP contribution is -2.10. The summed E-state index contributed by atoms with van der Waals surface area (Å²) < 4.78 is 0. The van der Waals surface area contributed by atoms with E-state index in [1.54, 1.807) is 6.20 Å². The molecule has 1 N–H and O–H groups in total. The van der Waals surface area contributed by atoms with Crippen molar-refractivity contribution >= 4 is 22.4 Å². The Kier molecular flexibility index (Phi) is 14.5. The second-order valence-corrected chi connectivity index (χ2v) is 8.76. The number of carbonyl (C=O) groups is 1. The topological polar surface area (TPSA) is 42.0 Å². The SMILES string of the molecule is CCCCCCCCCCCCCCCCCC(=O)Nc1ncc(C)s1. The number of hydrogen-bond donors (Lipinski definition) is 1. The Bertz CT molecular complexity index is 459. The van der Waals surface area contributed by atoms with E-state index in [4.69, 9.17) is 0 Å². The highest BCUT2D eigenvalue weighted by molar-refractivity contribution is 7.15. The molecule has 0 aromatic carbocycles. The minimum atomic E-state index is 0.106. The predicted octanol–water partition coefficient (Wildman–Crippen LogP) is 7.65. The molecule has 1 aromatic rings. The predicted molar refractivity (Wildman–Crippen MR) is 115 cm³/mol. The quantitative estimate of drug-likeness (QED) is 0.282. The first-order valence-corrected chi connectivity index (χ1v) is 11.8. The second-order valence-electron chi connectivity index (χ2n) is 7.52. The minimum Gasteiger partial charge on any atom is -0.302 e. The van der Waals surface area contributed by atoms with Gasteiger partial charge in [-0.2, -0.15) is 0 Å². The Morgan fingerprint density at radius 2 is 1.31 bits per heavy atom. The van der Waals surface area contributed by atoms with Gasteiger partial charge in [-0.15, -0.1) is 11.3 Å². The lowest BCUT2D eigenvalue weighted by atomic mass is 10.0. The fourth-order valence-electron chi connectivity index (χ4n) is 3.25. The zero-order chi connectivity index (χ0) is 18.9. The first-order chi connectivity index (χ1) is 12.7. The maximum atomic E-state index is 11.8. The van der Waals surface area contributed by atoms with Crippen LogP contribution in [0.1, 0.15) is 115 Å². The highest BCUT2D eigenvalue weighted by Crippen LogP contribution is 2.17. The molecule has 3 nitrogen and oxygen atoms in total. The van der Waals surface area contributed by atoms with Crippen molar-refractivity contribution in [3.8, 4) is 0 Å². The van der Waals surface area contributed by atoms with Gasteiger partial charge in [0.2, 0.25) is 5.91 Å². The fourth-order valence-corrected chi connectivity index (χ4v) is 3.93. The molecule has 150 valence electrons. The van der Waals surface area contributed by atoms with Crippen molar-refractivity contribution in [1.29, 1.82) is 0 Å². The summed E-state index contributed by atoms with van der Waals surface area (Å²) in [5, 5.41) is 3.61. The van der Waals surface area contributed by atoms with Crippen LogP contribution in [0.5, 0.6) is 0 Å². The van der Waals surface area contributed by atoms with Gasteiger partial charge in [0.25, 0.3) is 0 Å². The number of aryl methyl sites for hydroxylation is 1. The summed E-state index contributed by atoms with van der Waals surface area (Å²) in [5.41, 5.74) is 0. The van der Waals surface area contributed by atoms with Crippen LogP contribution in [0.15, 0.2) is 6.20 Å². The Labute approximate surface area is 165 Å². The van der Waals surface area contributed by atoms with E-state index in [2.05, 4.69) is 17.2 Å². The van der Waals surface area contributed by atoms with Gasteiger partial charge in [-0.3, -0.25) is 4.79 Å². The maximum absolute atomic E-state index is 11.8. The minimum absolute atomic E-state index is 0.106. The lowest BCUT2D eigenvalue weighted by molar-refractivity contribution is -0.116. The zero-order valence-corrected chi connectivity index (χ0v) is 18.0. The summed E-state index contributed by atoms with van der Waals surface area (Å²) >= 11 is 1.54. The molecule has 0 saturated heterocycles. The molecule has 0 saturated carbocycles. The number of hydrogen-bond acceptors (Lipinski definition) is 3.